The van der Waals surface area contributed by atoms with Crippen molar-refractivity contribution in [3.63, 3.8) is 0 Å². The van der Waals surface area contributed by atoms with E-state index in [1.54, 1.807) is 11.8 Å². The van der Waals surface area contributed by atoms with Crippen molar-refractivity contribution >= 4 is 50.0 Å². The number of nitrogens with one attached hydrogen (secondary N) is 1. The maximum Gasteiger partial charge on any atom is 0.328 e. The highest BCUT2D eigenvalue weighted by atomic mass is 79.9. The van der Waals surface area contributed by atoms with Crippen LogP contribution in [0.4, 0.5) is 20.0 Å². The van der Waals surface area contributed by atoms with E-state index in [9.17, 15) is 14.0 Å². The van der Waals surface area contributed by atoms with Gasteiger partial charge in [-0.05, 0) is 30.2 Å². The molecule has 1 fully saturated rings. The maximum atomic E-state index is 13.1. The number of benzene rings is 1. The molecule has 0 radical (unpaired) electrons. The van der Waals surface area contributed by atoms with Crippen LogP contribution in [0.2, 0.25) is 0 Å². The fourth-order valence-electron chi connectivity index (χ4n) is 3.78. The van der Waals surface area contributed by atoms with E-state index >= 15 is 0 Å². The molecule has 2 aliphatic heterocycles. The van der Waals surface area contributed by atoms with Crippen molar-refractivity contribution in [1.29, 1.82) is 0 Å². The maximum absolute atomic E-state index is 13.1. The zero-order valence-electron chi connectivity index (χ0n) is 14.0. The largest absolute Gasteiger partial charge is 0.342 e. The average Bonchev–Trinajstić information content (AvgIpc) is 3.27. The third-order valence-corrected chi connectivity index (χ3v) is 6.21. The second-order valence-electron chi connectivity index (χ2n) is 6.62. The topological polar surface area (TPSA) is 65.5 Å². The number of anilines is 2. The quantitative estimate of drug-likeness (QED) is 0.739. The summed E-state index contributed by atoms with van der Waals surface area (Å²) in [7, 11) is 0. The fourth-order valence-corrected chi connectivity index (χ4v) is 4.68. The zero-order valence-corrected chi connectivity index (χ0v) is 16.4. The SMILES string of the molecule is CC(=O)N1CC[C@]2(C1)CN(C(=O)Nc1ncc(F)s1)c1ccc(Br)cc12. The van der Waals surface area contributed by atoms with Crippen molar-refractivity contribution in [2.75, 3.05) is 29.9 Å². The van der Waals surface area contributed by atoms with Crippen LogP contribution in [-0.4, -0.2) is 41.5 Å². The molecule has 3 amide bonds. The second-order valence-corrected chi connectivity index (χ2v) is 8.51. The number of carbonyl (C=O) groups excluding carboxylic acids is 2. The normalized spacial score (nSPS) is 21.3. The Labute approximate surface area is 162 Å². The number of halogens is 2. The third-order valence-electron chi connectivity index (χ3n) is 5.02. The van der Waals surface area contributed by atoms with Crippen molar-refractivity contribution in [3.05, 3.63) is 39.6 Å². The number of thiazole rings is 1. The molecule has 3 heterocycles. The summed E-state index contributed by atoms with van der Waals surface area (Å²) in [6.45, 7) is 3.30. The smallest absolute Gasteiger partial charge is 0.328 e. The van der Waals surface area contributed by atoms with E-state index in [4.69, 9.17) is 0 Å². The number of rotatable bonds is 1. The summed E-state index contributed by atoms with van der Waals surface area (Å²) in [6.07, 6.45) is 1.88. The van der Waals surface area contributed by atoms with Crippen LogP contribution in [0, 0.1) is 5.13 Å². The van der Waals surface area contributed by atoms with E-state index in [0.717, 1.165) is 39.7 Å². The molecule has 9 heteroatoms. The molecule has 1 spiro atoms. The third kappa shape index (κ3) is 2.88. The van der Waals surface area contributed by atoms with Gasteiger partial charge in [0.2, 0.25) is 5.91 Å². The minimum absolute atomic E-state index is 0.0413. The molecule has 4 rings (SSSR count). The molecule has 2 aromatic rings. The molecule has 1 aromatic carbocycles. The number of amides is 3. The average molecular weight is 439 g/mol. The number of hydrogen-bond donors (Lipinski definition) is 1. The Morgan fingerprint density at radius 2 is 2.19 bits per heavy atom. The van der Waals surface area contributed by atoms with Gasteiger partial charge in [-0.2, -0.15) is 4.39 Å². The molecule has 0 aliphatic carbocycles. The van der Waals surface area contributed by atoms with Crippen molar-refractivity contribution in [2.24, 2.45) is 0 Å². The fraction of sp³-hybridized carbons (Fsp3) is 0.353. The van der Waals surface area contributed by atoms with Gasteiger partial charge in [-0.25, -0.2) is 9.78 Å². The van der Waals surface area contributed by atoms with Crippen molar-refractivity contribution in [3.8, 4) is 0 Å². The van der Waals surface area contributed by atoms with Crippen LogP contribution < -0.4 is 10.2 Å². The minimum atomic E-state index is -0.449. The molecule has 1 saturated heterocycles. The van der Waals surface area contributed by atoms with Crippen molar-refractivity contribution < 1.29 is 14.0 Å². The highest BCUT2D eigenvalue weighted by Crippen LogP contribution is 2.47. The predicted octanol–water partition coefficient (Wildman–Crippen LogP) is 3.59. The molecule has 26 heavy (non-hydrogen) atoms. The number of fused-ring (bicyclic) bond motifs is 2. The summed E-state index contributed by atoms with van der Waals surface area (Å²) >= 11 is 4.29. The molecular formula is C17H16BrFN4O2S. The van der Waals surface area contributed by atoms with E-state index in [1.165, 1.54) is 0 Å². The summed E-state index contributed by atoms with van der Waals surface area (Å²) in [4.78, 5) is 31.9. The molecular weight excluding hydrogens is 423 g/mol. The Balaban J connectivity index is 1.66. The van der Waals surface area contributed by atoms with Crippen LogP contribution in [0.3, 0.4) is 0 Å². The molecule has 6 nitrogen and oxygen atoms in total. The minimum Gasteiger partial charge on any atom is -0.342 e. The first-order valence-corrected chi connectivity index (χ1v) is 9.74. The number of nitrogens with zero attached hydrogens (tertiary/aromatic N) is 3. The van der Waals surface area contributed by atoms with Gasteiger partial charge in [-0.1, -0.05) is 27.3 Å². The van der Waals surface area contributed by atoms with Gasteiger partial charge in [-0.3, -0.25) is 15.0 Å². The molecule has 136 valence electrons. The highest BCUT2D eigenvalue weighted by Gasteiger charge is 2.49. The summed E-state index contributed by atoms with van der Waals surface area (Å²) < 4.78 is 14.1. The monoisotopic (exact) mass is 438 g/mol. The molecule has 2 aliphatic rings. The molecule has 1 N–H and O–H groups in total. The standard InChI is InChI=1S/C17H16BrFN4O2S/c1-10(24)22-5-4-17(8-22)9-23(13-3-2-11(18)6-12(13)17)16(25)21-15-20-7-14(19)26-15/h2-3,6-7H,4-5,8-9H2,1H3,(H,20,21,25)/t17-/m0/s1. The van der Waals surface area contributed by atoms with E-state index < -0.39 is 5.13 Å². The van der Waals surface area contributed by atoms with E-state index in [1.807, 2.05) is 23.1 Å². The lowest BCUT2D eigenvalue weighted by Crippen LogP contribution is -2.41. The Kier molecular flexibility index (Phi) is 4.23. The molecule has 0 bridgehead atoms. The second kappa shape index (κ2) is 6.31. The summed E-state index contributed by atoms with van der Waals surface area (Å²) in [6, 6.07) is 5.46. The molecule has 0 saturated carbocycles. The number of likely N-dealkylation sites (tertiary alicyclic amines) is 1. The van der Waals surface area contributed by atoms with Crippen LogP contribution in [-0.2, 0) is 10.2 Å². The van der Waals surface area contributed by atoms with Gasteiger partial charge < -0.3 is 4.90 Å². The summed E-state index contributed by atoms with van der Waals surface area (Å²) in [5, 5.41) is 2.44. The molecule has 1 atom stereocenters. The zero-order chi connectivity index (χ0) is 18.5. The van der Waals surface area contributed by atoms with Crippen LogP contribution in [0.5, 0.6) is 0 Å². The van der Waals surface area contributed by atoms with Crippen LogP contribution in [0.25, 0.3) is 0 Å². The summed E-state index contributed by atoms with van der Waals surface area (Å²) in [5.74, 6) is 0.0413. The molecule has 1 aromatic heterocycles. The van der Waals surface area contributed by atoms with Gasteiger partial charge >= 0.3 is 6.03 Å². The van der Waals surface area contributed by atoms with Gasteiger partial charge in [0.05, 0.1) is 6.20 Å². The first-order chi connectivity index (χ1) is 12.4. The first-order valence-electron chi connectivity index (χ1n) is 8.13. The van der Waals surface area contributed by atoms with E-state index in [2.05, 4.69) is 26.2 Å². The lowest BCUT2D eigenvalue weighted by Gasteiger charge is -2.25. The van der Waals surface area contributed by atoms with Crippen molar-refractivity contribution in [2.45, 2.75) is 18.8 Å². The van der Waals surface area contributed by atoms with Gasteiger partial charge in [0.15, 0.2) is 10.3 Å². The lowest BCUT2D eigenvalue weighted by molar-refractivity contribution is -0.127. The van der Waals surface area contributed by atoms with E-state index in [-0.39, 0.29) is 22.5 Å². The van der Waals surface area contributed by atoms with E-state index in [0.29, 0.717) is 19.6 Å². The molecule has 0 unspecified atom stereocenters. The first kappa shape index (κ1) is 17.4. The lowest BCUT2D eigenvalue weighted by atomic mass is 9.81. The Bertz CT molecular complexity index is 905. The number of hydrogen-bond acceptors (Lipinski definition) is 4. The van der Waals surface area contributed by atoms with Gasteiger partial charge in [0, 0.05) is 42.1 Å². The Morgan fingerprint density at radius 3 is 2.85 bits per heavy atom. The Morgan fingerprint density at radius 1 is 1.38 bits per heavy atom. The van der Waals surface area contributed by atoms with Crippen molar-refractivity contribution in [1.82, 2.24) is 9.88 Å². The number of aromatic nitrogens is 1. The predicted molar refractivity (Wildman–Crippen MR) is 101 cm³/mol. The number of urea groups is 1. The summed E-state index contributed by atoms with van der Waals surface area (Å²) in [5.41, 5.74) is 1.58. The van der Waals surface area contributed by atoms with Gasteiger partial charge in [0.1, 0.15) is 0 Å². The highest BCUT2D eigenvalue weighted by molar-refractivity contribution is 9.10. The Hall–Kier alpha value is -2.00. The van der Waals surface area contributed by atoms with Gasteiger partial charge in [-0.15, -0.1) is 0 Å². The number of carbonyl (C=O) groups is 2. The van der Waals surface area contributed by atoms with Crippen LogP contribution in [0.15, 0.2) is 28.9 Å². The van der Waals surface area contributed by atoms with Crippen LogP contribution >= 0.6 is 27.3 Å². The van der Waals surface area contributed by atoms with Gasteiger partial charge in [0.25, 0.3) is 0 Å². The van der Waals surface area contributed by atoms with Crippen LogP contribution in [0.1, 0.15) is 18.9 Å².